The van der Waals surface area contributed by atoms with Gasteiger partial charge in [-0.1, -0.05) is 216 Å². The third-order valence-electron chi connectivity index (χ3n) is 14.3. The molecule has 0 radical (unpaired) electrons. The third-order valence-corrected chi connectivity index (χ3v) is 14.3. The summed E-state index contributed by atoms with van der Waals surface area (Å²) in [6.07, 6.45) is 4.01. The van der Waals surface area contributed by atoms with Crippen molar-refractivity contribution in [2.24, 2.45) is 0 Å². The van der Waals surface area contributed by atoms with Crippen LogP contribution in [-0.4, -0.2) is 92.7 Å². The van der Waals surface area contributed by atoms with Crippen LogP contribution in [0, 0.1) is 0 Å². The number of para-hydroxylation sites is 1. The molecule has 428 valence electrons. The lowest BCUT2D eigenvalue weighted by molar-refractivity contribution is -0.330. The Labute approximate surface area is 474 Å². The van der Waals surface area contributed by atoms with E-state index in [4.69, 9.17) is 37.9 Å². The fourth-order valence-electron chi connectivity index (χ4n) is 9.85. The number of amides is 2. The van der Waals surface area contributed by atoms with Crippen molar-refractivity contribution in [3.8, 4) is 5.75 Å². The molecule has 0 bridgehead atoms. The molecule has 6 aromatic rings. The van der Waals surface area contributed by atoms with Crippen LogP contribution in [0.5, 0.6) is 5.75 Å². The van der Waals surface area contributed by atoms with Crippen molar-refractivity contribution in [3.05, 3.63) is 209 Å². The molecule has 1 saturated heterocycles. The average molecular weight is 1090 g/mol. The van der Waals surface area contributed by atoms with E-state index in [0.717, 1.165) is 79.2 Å². The van der Waals surface area contributed by atoms with Crippen LogP contribution in [0.15, 0.2) is 176 Å². The number of carbonyl (C=O) groups excluding carboxylic acids is 2. The number of hydrogen-bond donors (Lipinski definition) is 3. The van der Waals surface area contributed by atoms with Crippen molar-refractivity contribution in [3.63, 3.8) is 0 Å². The Balaban J connectivity index is 1.03. The van der Waals surface area contributed by atoms with E-state index in [1.165, 1.54) is 0 Å². The van der Waals surface area contributed by atoms with Crippen molar-refractivity contribution >= 4 is 11.8 Å². The number of unbranched alkanes of at least 4 members (excludes halogenated alkanes) is 8. The minimum absolute atomic E-state index is 0.0786. The average Bonchev–Trinajstić information content (AvgIpc) is 3.54. The normalized spacial score (nSPS) is 18.2. The Bertz CT molecular complexity index is 2600. The maximum absolute atomic E-state index is 14.1. The minimum Gasteiger partial charge on any atom is -0.496 e. The van der Waals surface area contributed by atoms with Gasteiger partial charge in [-0.15, -0.1) is 0 Å². The van der Waals surface area contributed by atoms with Gasteiger partial charge in [0, 0.05) is 13.0 Å². The molecule has 6 aromatic carbocycles. The number of aliphatic hydroxyl groups excluding tert-OH is 1. The maximum atomic E-state index is 14.1. The molecule has 1 aliphatic heterocycles. The molecule has 0 aliphatic carbocycles. The lowest BCUT2D eigenvalue weighted by Gasteiger charge is -2.46. The Morgan fingerprint density at radius 1 is 0.537 bits per heavy atom. The summed E-state index contributed by atoms with van der Waals surface area (Å²) >= 11 is 0. The minimum atomic E-state index is -1.04. The van der Waals surface area contributed by atoms with Crippen LogP contribution in [0.4, 0.5) is 0 Å². The first kappa shape index (κ1) is 61.4. The zero-order valence-electron chi connectivity index (χ0n) is 46.8. The van der Waals surface area contributed by atoms with Crippen LogP contribution in [-0.2, 0) is 71.0 Å². The van der Waals surface area contributed by atoms with Crippen molar-refractivity contribution in [2.45, 2.75) is 160 Å². The topological polar surface area (TPSA) is 152 Å². The van der Waals surface area contributed by atoms with Crippen LogP contribution >= 0.6 is 0 Å². The standard InChI is InChI=1S/C67H84N2O11/c1-3-58(70)62(75-45-52-32-18-12-19-33-52)57(69-61(71)42-26-9-7-5-4-6-8-10-29-43-68-66(72)56-40-27-28-41-59(56)73-2)49-79-67-65(78-48-55-38-24-15-25-39-55)64(77-47-54-36-22-14-23-37-54)63(76-46-53-34-20-13-21-35-53)60(80-67)50-74-44-51-30-16-11-17-31-51/h11-25,27-28,30-41,57-58,60,62-65,67,70H,3-10,26,29,42-50H2,1-2H3,(H,68,72)(H,69,71)/t57-,58+,60?,62-,63-,64?,65+,67-/m0/s1. The van der Waals surface area contributed by atoms with Gasteiger partial charge in [0.05, 0.1) is 71.1 Å². The number of hydrogen-bond acceptors (Lipinski definition) is 11. The molecule has 80 heavy (non-hydrogen) atoms. The van der Waals surface area contributed by atoms with Gasteiger partial charge in [-0.05, 0) is 59.2 Å². The highest BCUT2D eigenvalue weighted by Gasteiger charge is 2.49. The van der Waals surface area contributed by atoms with E-state index >= 15 is 0 Å². The molecule has 1 fully saturated rings. The lowest BCUT2D eigenvalue weighted by atomic mass is 9.97. The van der Waals surface area contributed by atoms with Gasteiger partial charge in [0.25, 0.3) is 5.91 Å². The molecular weight excluding hydrogens is 1010 g/mol. The van der Waals surface area contributed by atoms with E-state index < -0.39 is 49.0 Å². The largest absolute Gasteiger partial charge is 0.496 e. The van der Waals surface area contributed by atoms with Gasteiger partial charge in [0.2, 0.25) is 5.91 Å². The lowest BCUT2D eigenvalue weighted by Crippen LogP contribution is -2.62. The van der Waals surface area contributed by atoms with E-state index in [2.05, 4.69) is 10.6 Å². The van der Waals surface area contributed by atoms with Gasteiger partial charge in [-0.3, -0.25) is 9.59 Å². The number of methoxy groups -OCH3 is 1. The fourth-order valence-corrected chi connectivity index (χ4v) is 9.85. The van der Waals surface area contributed by atoms with E-state index in [1.54, 1.807) is 19.2 Å². The first-order chi connectivity index (χ1) is 39.4. The van der Waals surface area contributed by atoms with Gasteiger partial charge < -0.3 is 53.6 Å². The van der Waals surface area contributed by atoms with Gasteiger partial charge in [0.1, 0.15) is 36.3 Å². The predicted molar refractivity (Wildman–Crippen MR) is 311 cm³/mol. The highest BCUT2D eigenvalue weighted by atomic mass is 16.7. The highest BCUT2D eigenvalue weighted by molar-refractivity contribution is 5.96. The predicted octanol–water partition coefficient (Wildman–Crippen LogP) is 11.9. The summed E-state index contributed by atoms with van der Waals surface area (Å²) in [7, 11) is 1.57. The number of rotatable bonds is 37. The highest BCUT2D eigenvalue weighted by Crippen LogP contribution is 2.32. The Hall–Kier alpha value is -6.26. The number of benzene rings is 6. The molecule has 13 nitrogen and oxygen atoms in total. The summed E-state index contributed by atoms with van der Waals surface area (Å²) in [5.74, 6) is 0.306. The van der Waals surface area contributed by atoms with E-state index in [9.17, 15) is 14.7 Å². The van der Waals surface area contributed by atoms with Gasteiger partial charge in [0.15, 0.2) is 6.29 Å². The number of aliphatic hydroxyl groups is 1. The first-order valence-electron chi connectivity index (χ1n) is 28.8. The Morgan fingerprint density at radius 3 is 1.54 bits per heavy atom. The van der Waals surface area contributed by atoms with Crippen LogP contribution in [0.2, 0.25) is 0 Å². The van der Waals surface area contributed by atoms with Crippen LogP contribution in [0.25, 0.3) is 0 Å². The first-order valence-corrected chi connectivity index (χ1v) is 28.8. The molecule has 13 heteroatoms. The summed E-state index contributed by atoms with van der Waals surface area (Å²) in [5, 5.41) is 18.0. The number of ether oxygens (including phenoxy) is 8. The molecule has 3 N–H and O–H groups in total. The van der Waals surface area contributed by atoms with Crippen molar-refractivity contribution in [2.75, 3.05) is 26.9 Å². The number of carbonyl (C=O) groups is 2. The molecule has 1 aliphatic rings. The van der Waals surface area contributed by atoms with E-state index in [-0.39, 0.29) is 51.5 Å². The summed E-state index contributed by atoms with van der Waals surface area (Å²) < 4.78 is 53.1. The quantitative estimate of drug-likeness (QED) is 0.0320. The fraction of sp³-hybridized carbons (Fsp3) is 0.433. The van der Waals surface area contributed by atoms with Gasteiger partial charge in [-0.2, -0.15) is 0 Å². The maximum Gasteiger partial charge on any atom is 0.255 e. The van der Waals surface area contributed by atoms with Crippen molar-refractivity contribution in [1.29, 1.82) is 0 Å². The van der Waals surface area contributed by atoms with E-state index in [1.807, 2.05) is 171 Å². The van der Waals surface area contributed by atoms with Crippen LogP contribution in [0.3, 0.4) is 0 Å². The second kappa shape index (κ2) is 35.5. The Kier molecular flexibility index (Phi) is 27.2. The summed E-state index contributed by atoms with van der Waals surface area (Å²) in [6, 6.07) is 56.2. The van der Waals surface area contributed by atoms with Gasteiger partial charge >= 0.3 is 0 Å². The van der Waals surface area contributed by atoms with Crippen LogP contribution in [0.1, 0.15) is 116 Å². The van der Waals surface area contributed by atoms with Crippen molar-refractivity contribution in [1.82, 2.24) is 10.6 Å². The molecule has 8 atom stereocenters. The molecule has 2 amide bonds. The smallest absolute Gasteiger partial charge is 0.255 e. The molecule has 7 rings (SSSR count). The molecule has 2 unspecified atom stereocenters. The van der Waals surface area contributed by atoms with Crippen LogP contribution < -0.4 is 15.4 Å². The summed E-state index contributed by atoms with van der Waals surface area (Å²) in [4.78, 5) is 26.7. The monoisotopic (exact) mass is 1090 g/mol. The van der Waals surface area contributed by atoms with Crippen molar-refractivity contribution < 1.29 is 52.6 Å². The molecular formula is C67H84N2O11. The third kappa shape index (κ3) is 21.0. The van der Waals surface area contributed by atoms with Gasteiger partial charge in [-0.25, -0.2) is 0 Å². The second-order valence-corrected chi connectivity index (χ2v) is 20.5. The Morgan fingerprint density at radius 2 is 1.00 bits per heavy atom. The van der Waals surface area contributed by atoms with E-state index in [0.29, 0.717) is 43.7 Å². The molecule has 1 heterocycles. The second-order valence-electron chi connectivity index (χ2n) is 20.5. The SMILES string of the molecule is CC[C@@H](O)[C@@H](OCc1ccccc1)[C@H](CO[C@H]1OC(COCc2ccccc2)[C@H](OCc2ccccc2)C(OCc2ccccc2)[C@H]1OCc1ccccc1)NC(=O)CCCCCCCCCCCNC(=O)c1ccccc1OC. The zero-order chi connectivity index (χ0) is 55.8. The zero-order valence-corrected chi connectivity index (χ0v) is 46.8. The molecule has 0 saturated carbocycles. The summed E-state index contributed by atoms with van der Waals surface area (Å²) in [5.41, 5.74) is 5.41. The number of nitrogens with one attached hydrogen (secondary N) is 2. The molecule has 0 spiro atoms. The molecule has 0 aromatic heterocycles. The summed E-state index contributed by atoms with van der Waals surface area (Å²) in [6.45, 7) is 3.93.